The summed E-state index contributed by atoms with van der Waals surface area (Å²) in [6, 6.07) is 6.10. The van der Waals surface area contributed by atoms with Crippen LogP contribution in [0.2, 0.25) is 0 Å². The molecule has 0 spiro atoms. The second kappa shape index (κ2) is 3.79. The maximum Gasteiger partial charge on any atom is 0.321 e. The summed E-state index contributed by atoms with van der Waals surface area (Å²) in [5.74, 6) is -0.679. The molecule has 0 fully saturated rings. The fourth-order valence-corrected chi connectivity index (χ4v) is 1.37. The second-order valence-electron chi connectivity index (χ2n) is 2.65. The standard InChI is InChI=1S/C9H3BrFN3O/c10-5-1-2-6(7(11)3-5)9-14-13-8(4-12)15-9/h1-3H. The van der Waals surface area contributed by atoms with Crippen LogP contribution in [0.3, 0.4) is 0 Å². The fraction of sp³-hybridized carbons (Fsp3) is 0. The van der Waals surface area contributed by atoms with E-state index in [2.05, 4.69) is 26.1 Å². The van der Waals surface area contributed by atoms with Crippen molar-refractivity contribution in [2.24, 2.45) is 0 Å². The average Bonchev–Trinajstić information content (AvgIpc) is 2.66. The summed E-state index contributed by atoms with van der Waals surface area (Å²) in [6.45, 7) is 0. The van der Waals surface area contributed by atoms with E-state index in [0.717, 1.165) is 0 Å². The number of nitriles is 1. The van der Waals surface area contributed by atoms with E-state index in [0.29, 0.717) is 4.47 Å². The SMILES string of the molecule is N#Cc1nnc(-c2ccc(Br)cc2F)o1. The zero-order chi connectivity index (χ0) is 10.8. The van der Waals surface area contributed by atoms with Crippen LogP contribution in [0.4, 0.5) is 4.39 Å². The molecule has 6 heteroatoms. The molecule has 0 aliphatic carbocycles. The lowest BCUT2D eigenvalue weighted by atomic mass is 10.2. The second-order valence-corrected chi connectivity index (χ2v) is 3.56. The van der Waals surface area contributed by atoms with Crippen LogP contribution >= 0.6 is 15.9 Å². The van der Waals surface area contributed by atoms with Gasteiger partial charge in [-0.25, -0.2) is 4.39 Å². The van der Waals surface area contributed by atoms with Gasteiger partial charge in [-0.2, -0.15) is 5.26 Å². The molecule has 0 aliphatic heterocycles. The molecule has 0 N–H and O–H groups in total. The van der Waals surface area contributed by atoms with Crippen LogP contribution in [-0.4, -0.2) is 10.2 Å². The Kier molecular flexibility index (Phi) is 2.47. The van der Waals surface area contributed by atoms with Gasteiger partial charge in [-0.15, -0.1) is 5.10 Å². The maximum absolute atomic E-state index is 13.4. The summed E-state index contributed by atoms with van der Waals surface area (Å²) in [4.78, 5) is 0. The Hall–Kier alpha value is -1.74. The number of rotatable bonds is 1. The number of nitrogens with zero attached hydrogens (tertiary/aromatic N) is 3. The van der Waals surface area contributed by atoms with Gasteiger partial charge in [-0.3, -0.25) is 0 Å². The quantitative estimate of drug-likeness (QED) is 0.797. The maximum atomic E-state index is 13.4. The van der Waals surface area contributed by atoms with Gasteiger partial charge >= 0.3 is 5.89 Å². The van der Waals surface area contributed by atoms with E-state index in [1.54, 1.807) is 12.1 Å². The van der Waals surface area contributed by atoms with Gasteiger partial charge in [0.25, 0.3) is 5.89 Å². The third-order valence-corrected chi connectivity index (χ3v) is 2.18. The lowest BCUT2D eigenvalue weighted by molar-refractivity contribution is 0.544. The van der Waals surface area contributed by atoms with E-state index in [1.807, 2.05) is 0 Å². The first-order valence-electron chi connectivity index (χ1n) is 3.90. The van der Waals surface area contributed by atoms with Crippen molar-refractivity contribution < 1.29 is 8.81 Å². The molecular formula is C9H3BrFN3O. The minimum atomic E-state index is -0.488. The molecule has 0 radical (unpaired) electrons. The highest BCUT2D eigenvalue weighted by Gasteiger charge is 2.12. The zero-order valence-corrected chi connectivity index (χ0v) is 8.82. The molecule has 4 nitrogen and oxygen atoms in total. The van der Waals surface area contributed by atoms with Crippen molar-refractivity contribution in [2.45, 2.75) is 0 Å². The molecule has 1 aromatic heterocycles. The van der Waals surface area contributed by atoms with E-state index >= 15 is 0 Å². The van der Waals surface area contributed by atoms with E-state index in [4.69, 9.17) is 9.68 Å². The fourth-order valence-electron chi connectivity index (χ4n) is 1.04. The van der Waals surface area contributed by atoms with Gasteiger partial charge in [-0.1, -0.05) is 21.0 Å². The van der Waals surface area contributed by atoms with E-state index in [1.165, 1.54) is 12.1 Å². The highest BCUT2D eigenvalue weighted by molar-refractivity contribution is 9.10. The van der Waals surface area contributed by atoms with Crippen LogP contribution in [0.1, 0.15) is 5.89 Å². The Labute approximate surface area is 92.5 Å². The number of benzene rings is 1. The summed E-state index contributed by atoms with van der Waals surface area (Å²) in [5, 5.41) is 15.4. The van der Waals surface area contributed by atoms with Gasteiger partial charge in [0.05, 0.1) is 5.56 Å². The van der Waals surface area contributed by atoms with Crippen molar-refractivity contribution in [1.29, 1.82) is 5.26 Å². The van der Waals surface area contributed by atoms with E-state index < -0.39 is 5.82 Å². The topological polar surface area (TPSA) is 62.7 Å². The smallest absolute Gasteiger partial charge is 0.321 e. The molecule has 0 saturated heterocycles. The third-order valence-electron chi connectivity index (χ3n) is 1.68. The van der Waals surface area contributed by atoms with Crippen molar-refractivity contribution >= 4 is 15.9 Å². The van der Waals surface area contributed by atoms with Crippen molar-refractivity contribution in [3.8, 4) is 17.5 Å². The first kappa shape index (κ1) is 9.80. The Balaban J connectivity index is 2.50. The highest BCUT2D eigenvalue weighted by Crippen LogP contribution is 2.24. The van der Waals surface area contributed by atoms with Crippen molar-refractivity contribution in [2.75, 3.05) is 0 Å². The summed E-state index contributed by atoms with van der Waals surface area (Å²) in [5.41, 5.74) is 0.173. The molecule has 0 saturated carbocycles. The number of aromatic nitrogens is 2. The minimum Gasteiger partial charge on any atom is -0.408 e. The number of hydrogen-bond donors (Lipinski definition) is 0. The van der Waals surface area contributed by atoms with Crippen LogP contribution in [0.5, 0.6) is 0 Å². The largest absolute Gasteiger partial charge is 0.408 e. The lowest BCUT2D eigenvalue weighted by Crippen LogP contribution is -1.84. The Bertz CT molecular complexity index is 547. The predicted molar refractivity (Wildman–Crippen MR) is 52.1 cm³/mol. The average molecular weight is 268 g/mol. The molecule has 0 amide bonds. The van der Waals surface area contributed by atoms with Crippen LogP contribution < -0.4 is 0 Å². The third kappa shape index (κ3) is 1.87. The zero-order valence-electron chi connectivity index (χ0n) is 7.24. The van der Waals surface area contributed by atoms with Gasteiger partial charge in [0, 0.05) is 4.47 Å². The molecule has 15 heavy (non-hydrogen) atoms. The Morgan fingerprint density at radius 3 is 2.80 bits per heavy atom. The van der Waals surface area contributed by atoms with Crippen molar-refractivity contribution in [3.63, 3.8) is 0 Å². The number of hydrogen-bond acceptors (Lipinski definition) is 4. The highest BCUT2D eigenvalue weighted by atomic mass is 79.9. The molecular weight excluding hydrogens is 265 g/mol. The number of halogens is 2. The summed E-state index contributed by atoms with van der Waals surface area (Å²) in [7, 11) is 0. The Morgan fingerprint density at radius 2 is 2.20 bits per heavy atom. The van der Waals surface area contributed by atoms with Gasteiger partial charge in [0.2, 0.25) is 0 Å². The summed E-state index contributed by atoms with van der Waals surface area (Å²) < 4.78 is 18.9. The normalized spacial score (nSPS) is 9.93. The molecule has 1 heterocycles. The molecule has 1 aromatic carbocycles. The molecule has 2 aromatic rings. The van der Waals surface area contributed by atoms with Crippen LogP contribution in [-0.2, 0) is 0 Å². The molecule has 0 unspecified atom stereocenters. The monoisotopic (exact) mass is 267 g/mol. The minimum absolute atomic E-state index is 0.00319. The molecule has 0 aliphatic rings. The summed E-state index contributed by atoms with van der Waals surface area (Å²) in [6.07, 6.45) is 0. The Morgan fingerprint density at radius 1 is 1.40 bits per heavy atom. The molecule has 0 atom stereocenters. The van der Waals surface area contributed by atoms with Gasteiger partial charge in [0.15, 0.2) is 6.07 Å². The van der Waals surface area contributed by atoms with Crippen molar-refractivity contribution in [3.05, 3.63) is 34.4 Å². The van der Waals surface area contributed by atoms with Crippen LogP contribution in [0.25, 0.3) is 11.5 Å². The van der Waals surface area contributed by atoms with E-state index in [-0.39, 0.29) is 17.3 Å². The van der Waals surface area contributed by atoms with Gasteiger partial charge in [0.1, 0.15) is 5.82 Å². The van der Waals surface area contributed by atoms with Crippen LogP contribution in [0.15, 0.2) is 27.1 Å². The predicted octanol–water partition coefficient (Wildman–Crippen LogP) is 2.51. The van der Waals surface area contributed by atoms with Crippen LogP contribution in [0, 0.1) is 17.1 Å². The lowest BCUT2D eigenvalue weighted by Gasteiger charge is -1.97. The van der Waals surface area contributed by atoms with Crippen molar-refractivity contribution in [1.82, 2.24) is 10.2 Å². The van der Waals surface area contributed by atoms with Gasteiger partial charge in [-0.05, 0) is 18.2 Å². The molecule has 2 rings (SSSR count). The molecule has 74 valence electrons. The van der Waals surface area contributed by atoms with Gasteiger partial charge < -0.3 is 4.42 Å². The first-order valence-corrected chi connectivity index (χ1v) is 4.69. The van der Waals surface area contributed by atoms with E-state index in [9.17, 15) is 4.39 Å². The molecule has 0 bridgehead atoms. The first-order chi connectivity index (χ1) is 7.20. The summed E-state index contributed by atoms with van der Waals surface area (Å²) >= 11 is 3.13.